The molecule has 0 saturated heterocycles. The van der Waals surface area contributed by atoms with Crippen molar-refractivity contribution < 1.29 is 8.42 Å². The van der Waals surface area contributed by atoms with Crippen LogP contribution < -0.4 is 10.6 Å². The molecule has 140 valence electrons. The highest BCUT2D eigenvalue weighted by Gasteiger charge is 2.14. The molecule has 0 fully saturated rings. The number of guanidine groups is 1. The van der Waals surface area contributed by atoms with E-state index in [1.807, 2.05) is 0 Å². The van der Waals surface area contributed by atoms with Crippen molar-refractivity contribution in [2.75, 3.05) is 25.9 Å². The van der Waals surface area contributed by atoms with Gasteiger partial charge in [-0.05, 0) is 30.5 Å². The standard InChI is InChI=1S/C20H27N3O2S/c1-16-9-11-18(12-10-16)17(2)15-23-20(21-3)22-13-14-26(24,25)19-7-5-4-6-8-19/h4-12,17H,13-15H2,1-3H3,(H2,21,22,23). The van der Waals surface area contributed by atoms with E-state index < -0.39 is 9.84 Å². The van der Waals surface area contributed by atoms with Crippen molar-refractivity contribution in [3.8, 4) is 0 Å². The molecule has 1 unspecified atom stereocenters. The Morgan fingerprint density at radius 3 is 2.31 bits per heavy atom. The summed E-state index contributed by atoms with van der Waals surface area (Å²) in [5.74, 6) is 0.944. The maximum atomic E-state index is 12.3. The van der Waals surface area contributed by atoms with Crippen LogP contribution in [0.25, 0.3) is 0 Å². The van der Waals surface area contributed by atoms with Crippen molar-refractivity contribution in [2.24, 2.45) is 4.99 Å². The van der Waals surface area contributed by atoms with Gasteiger partial charge in [0.1, 0.15) is 0 Å². The molecule has 2 rings (SSSR count). The quantitative estimate of drug-likeness (QED) is 0.578. The Kier molecular flexibility index (Phi) is 7.21. The average Bonchev–Trinajstić information content (AvgIpc) is 2.65. The Morgan fingerprint density at radius 1 is 1.04 bits per heavy atom. The monoisotopic (exact) mass is 373 g/mol. The van der Waals surface area contributed by atoms with Gasteiger partial charge in [-0.25, -0.2) is 8.42 Å². The molecule has 0 radical (unpaired) electrons. The number of hydrogen-bond acceptors (Lipinski definition) is 3. The highest BCUT2D eigenvalue weighted by Crippen LogP contribution is 2.14. The maximum Gasteiger partial charge on any atom is 0.191 e. The fourth-order valence-corrected chi connectivity index (χ4v) is 3.71. The highest BCUT2D eigenvalue weighted by atomic mass is 32.2. The molecule has 6 heteroatoms. The molecular formula is C20H27N3O2S. The molecule has 2 aromatic carbocycles. The minimum atomic E-state index is -3.29. The van der Waals surface area contributed by atoms with Crippen LogP contribution in [-0.2, 0) is 9.84 Å². The molecule has 0 aliphatic rings. The summed E-state index contributed by atoms with van der Waals surface area (Å²) in [6.07, 6.45) is 0. The van der Waals surface area contributed by atoms with Gasteiger partial charge in [0, 0.05) is 20.1 Å². The van der Waals surface area contributed by atoms with Gasteiger partial charge >= 0.3 is 0 Å². The first-order chi connectivity index (χ1) is 12.4. The Balaban J connectivity index is 1.82. The van der Waals surface area contributed by atoms with E-state index in [0.717, 1.165) is 0 Å². The Labute approximate surface area is 156 Å². The molecule has 0 saturated carbocycles. The zero-order chi connectivity index (χ0) is 19.0. The van der Waals surface area contributed by atoms with Gasteiger partial charge in [-0.2, -0.15) is 0 Å². The number of rotatable bonds is 7. The summed E-state index contributed by atoms with van der Waals surface area (Å²) in [7, 11) is -1.61. The van der Waals surface area contributed by atoms with Gasteiger partial charge in [0.15, 0.2) is 15.8 Å². The van der Waals surface area contributed by atoms with Crippen LogP contribution in [0.2, 0.25) is 0 Å². The molecule has 0 bridgehead atoms. The van der Waals surface area contributed by atoms with E-state index in [4.69, 9.17) is 0 Å². The summed E-state index contributed by atoms with van der Waals surface area (Å²) < 4.78 is 24.6. The third kappa shape index (κ3) is 5.88. The summed E-state index contributed by atoms with van der Waals surface area (Å²) in [6, 6.07) is 17.0. The molecule has 0 spiro atoms. The van der Waals surface area contributed by atoms with Crippen LogP contribution in [0.4, 0.5) is 0 Å². The summed E-state index contributed by atoms with van der Waals surface area (Å²) in [6.45, 7) is 5.23. The fraction of sp³-hybridized carbons (Fsp3) is 0.350. The van der Waals surface area contributed by atoms with Crippen molar-refractivity contribution in [1.82, 2.24) is 10.6 Å². The van der Waals surface area contributed by atoms with Crippen molar-refractivity contribution in [3.63, 3.8) is 0 Å². The predicted molar refractivity (Wildman–Crippen MR) is 107 cm³/mol. The van der Waals surface area contributed by atoms with E-state index in [9.17, 15) is 8.42 Å². The van der Waals surface area contributed by atoms with Gasteiger partial charge in [-0.3, -0.25) is 4.99 Å². The second-order valence-corrected chi connectivity index (χ2v) is 8.43. The highest BCUT2D eigenvalue weighted by molar-refractivity contribution is 7.91. The number of nitrogens with zero attached hydrogens (tertiary/aromatic N) is 1. The third-order valence-electron chi connectivity index (χ3n) is 4.21. The molecule has 0 heterocycles. The second-order valence-electron chi connectivity index (χ2n) is 6.32. The number of nitrogens with one attached hydrogen (secondary N) is 2. The maximum absolute atomic E-state index is 12.3. The van der Waals surface area contributed by atoms with Crippen molar-refractivity contribution >= 4 is 15.8 Å². The SMILES string of the molecule is CN=C(NCCS(=O)(=O)c1ccccc1)NCC(C)c1ccc(C)cc1. The van der Waals surface area contributed by atoms with E-state index >= 15 is 0 Å². The van der Waals surface area contributed by atoms with E-state index in [2.05, 4.69) is 53.7 Å². The lowest BCUT2D eigenvalue weighted by Crippen LogP contribution is -2.41. The zero-order valence-electron chi connectivity index (χ0n) is 15.6. The van der Waals surface area contributed by atoms with E-state index in [0.29, 0.717) is 29.9 Å². The number of benzene rings is 2. The smallest absolute Gasteiger partial charge is 0.191 e. The van der Waals surface area contributed by atoms with E-state index in [1.165, 1.54) is 11.1 Å². The first-order valence-corrected chi connectivity index (χ1v) is 10.4. The average molecular weight is 374 g/mol. The van der Waals surface area contributed by atoms with E-state index in [-0.39, 0.29) is 5.75 Å². The van der Waals surface area contributed by atoms with Gasteiger partial charge in [0.05, 0.1) is 10.6 Å². The van der Waals surface area contributed by atoms with Gasteiger partial charge in [-0.1, -0.05) is 55.0 Å². The number of aryl methyl sites for hydroxylation is 1. The van der Waals surface area contributed by atoms with Gasteiger partial charge < -0.3 is 10.6 Å². The lowest BCUT2D eigenvalue weighted by molar-refractivity contribution is 0.594. The molecule has 0 aliphatic heterocycles. The minimum Gasteiger partial charge on any atom is -0.356 e. The van der Waals surface area contributed by atoms with Crippen LogP contribution in [0.15, 0.2) is 64.5 Å². The first-order valence-electron chi connectivity index (χ1n) is 8.71. The van der Waals surface area contributed by atoms with Crippen LogP contribution in [0.3, 0.4) is 0 Å². The first kappa shape index (κ1) is 20.0. The summed E-state index contributed by atoms with van der Waals surface area (Å²) >= 11 is 0. The largest absolute Gasteiger partial charge is 0.356 e. The molecule has 0 amide bonds. The summed E-state index contributed by atoms with van der Waals surface area (Å²) in [4.78, 5) is 4.50. The zero-order valence-corrected chi connectivity index (χ0v) is 16.4. The van der Waals surface area contributed by atoms with Crippen molar-refractivity contribution in [1.29, 1.82) is 0 Å². The second kappa shape index (κ2) is 9.38. The van der Waals surface area contributed by atoms with E-state index in [1.54, 1.807) is 37.4 Å². The van der Waals surface area contributed by atoms with Crippen LogP contribution in [-0.4, -0.2) is 40.3 Å². The van der Waals surface area contributed by atoms with Crippen molar-refractivity contribution in [2.45, 2.75) is 24.7 Å². The molecule has 2 N–H and O–H groups in total. The van der Waals surface area contributed by atoms with Crippen LogP contribution in [0.1, 0.15) is 24.0 Å². The number of aliphatic imine (C=N–C) groups is 1. The molecular weight excluding hydrogens is 346 g/mol. The number of sulfone groups is 1. The summed E-state index contributed by atoms with van der Waals surface area (Å²) in [5.41, 5.74) is 2.50. The van der Waals surface area contributed by atoms with Crippen LogP contribution in [0.5, 0.6) is 0 Å². The van der Waals surface area contributed by atoms with Crippen LogP contribution in [0, 0.1) is 6.92 Å². The molecule has 0 aromatic heterocycles. The third-order valence-corrected chi connectivity index (χ3v) is 5.94. The molecule has 0 aliphatic carbocycles. The normalized spacial score (nSPS) is 13.3. The van der Waals surface area contributed by atoms with Gasteiger partial charge in [0.2, 0.25) is 0 Å². The molecule has 5 nitrogen and oxygen atoms in total. The Hall–Kier alpha value is -2.34. The molecule has 1 atom stereocenters. The Morgan fingerprint density at radius 2 is 1.69 bits per heavy atom. The lowest BCUT2D eigenvalue weighted by atomic mass is 10.0. The molecule has 2 aromatic rings. The number of hydrogen-bond donors (Lipinski definition) is 2. The van der Waals surface area contributed by atoms with Gasteiger partial charge in [0.25, 0.3) is 0 Å². The lowest BCUT2D eigenvalue weighted by Gasteiger charge is -2.16. The predicted octanol–water partition coefficient (Wildman–Crippen LogP) is 2.74. The van der Waals surface area contributed by atoms with Crippen molar-refractivity contribution in [3.05, 3.63) is 65.7 Å². The van der Waals surface area contributed by atoms with Gasteiger partial charge in [-0.15, -0.1) is 0 Å². The topological polar surface area (TPSA) is 70.6 Å². The fourth-order valence-electron chi connectivity index (χ4n) is 2.53. The summed E-state index contributed by atoms with van der Waals surface area (Å²) in [5, 5.41) is 6.32. The Bertz CT molecular complexity index is 816. The molecule has 26 heavy (non-hydrogen) atoms. The minimum absolute atomic E-state index is 0.0191. The van der Waals surface area contributed by atoms with Crippen LogP contribution >= 0.6 is 0 Å².